The van der Waals surface area contributed by atoms with Gasteiger partial charge in [-0.05, 0) is 55.5 Å². The summed E-state index contributed by atoms with van der Waals surface area (Å²) in [6.45, 7) is 2.70. The van der Waals surface area contributed by atoms with Crippen molar-refractivity contribution in [3.05, 3.63) is 47.0 Å². The number of nitrogens with two attached hydrogens (primary N) is 1. The zero-order chi connectivity index (χ0) is 18.8. The van der Waals surface area contributed by atoms with Crippen molar-refractivity contribution in [3.8, 4) is 0 Å². The molecule has 2 unspecified atom stereocenters. The Bertz CT molecular complexity index is 850. The Morgan fingerprint density at radius 3 is 2.89 bits per heavy atom. The summed E-state index contributed by atoms with van der Waals surface area (Å²) in [6, 6.07) is 10.5. The van der Waals surface area contributed by atoms with E-state index >= 15 is 0 Å². The molecule has 0 saturated heterocycles. The Morgan fingerprint density at radius 2 is 2.07 bits per heavy atom. The fraction of sp³-hybridized carbons (Fsp3) is 0.429. The van der Waals surface area contributed by atoms with E-state index in [4.69, 9.17) is 10.7 Å². The van der Waals surface area contributed by atoms with Gasteiger partial charge in [0.2, 0.25) is 0 Å². The van der Waals surface area contributed by atoms with Gasteiger partial charge >= 0.3 is 0 Å². The highest BCUT2D eigenvalue weighted by Crippen LogP contribution is 2.29. The Morgan fingerprint density at radius 1 is 1.22 bits per heavy atom. The van der Waals surface area contributed by atoms with Crippen molar-refractivity contribution in [1.82, 2.24) is 10.3 Å². The lowest BCUT2D eigenvalue weighted by molar-refractivity contribution is 0.0946. The number of nitrogens with zero attached hydrogens (tertiary/aromatic N) is 1. The Hall–Kier alpha value is -2.60. The summed E-state index contributed by atoms with van der Waals surface area (Å²) in [7, 11) is 0. The number of fused-ring (bicyclic) bond motifs is 1. The predicted octanol–water partition coefficient (Wildman–Crippen LogP) is 3.10. The summed E-state index contributed by atoms with van der Waals surface area (Å²) in [6.07, 6.45) is 5.28. The fourth-order valence-corrected chi connectivity index (χ4v) is 4.00. The van der Waals surface area contributed by atoms with Gasteiger partial charge in [-0.25, -0.2) is 4.98 Å². The molecule has 1 fully saturated rings. The van der Waals surface area contributed by atoms with Gasteiger partial charge in [0, 0.05) is 24.3 Å². The smallest absolute Gasteiger partial charge is 0.255 e. The molecule has 1 saturated carbocycles. The average molecular weight is 365 g/mol. The van der Waals surface area contributed by atoms with E-state index < -0.39 is 0 Å². The molecule has 1 aliphatic heterocycles. The molecule has 142 valence electrons. The van der Waals surface area contributed by atoms with Crippen molar-refractivity contribution >= 4 is 23.2 Å². The van der Waals surface area contributed by atoms with E-state index in [1.54, 1.807) is 0 Å². The first-order chi connectivity index (χ1) is 13.1. The third-order valence-electron chi connectivity index (χ3n) is 5.44. The van der Waals surface area contributed by atoms with E-state index in [1.165, 1.54) is 12.8 Å². The maximum absolute atomic E-state index is 12.5. The highest BCUT2D eigenvalue weighted by molar-refractivity contribution is 6.02. The van der Waals surface area contributed by atoms with Gasteiger partial charge in [0.15, 0.2) is 0 Å². The van der Waals surface area contributed by atoms with Crippen LogP contribution in [0.3, 0.4) is 0 Å². The number of rotatable bonds is 4. The molecule has 6 nitrogen and oxygen atoms in total. The number of carbonyl (C=O) groups is 1. The molecule has 1 aliphatic carbocycles. The number of nitrogens with one attached hydrogen (secondary N) is 3. The van der Waals surface area contributed by atoms with Crippen LogP contribution in [-0.4, -0.2) is 29.5 Å². The molecule has 5 N–H and O–H groups in total. The summed E-state index contributed by atoms with van der Waals surface area (Å²) in [4.78, 5) is 17.2. The van der Waals surface area contributed by atoms with Crippen LogP contribution in [0, 0.1) is 6.92 Å². The van der Waals surface area contributed by atoms with Crippen molar-refractivity contribution < 1.29 is 4.79 Å². The van der Waals surface area contributed by atoms with E-state index in [0.29, 0.717) is 17.9 Å². The molecular formula is C21H27N5O. The van der Waals surface area contributed by atoms with E-state index in [1.807, 2.05) is 37.3 Å². The van der Waals surface area contributed by atoms with Gasteiger partial charge in [-0.2, -0.15) is 0 Å². The topological polar surface area (TPSA) is 92.1 Å². The number of hydrogen-bond acceptors (Lipinski definition) is 5. The molecule has 27 heavy (non-hydrogen) atoms. The zero-order valence-corrected chi connectivity index (χ0v) is 15.7. The van der Waals surface area contributed by atoms with Gasteiger partial charge in [0.25, 0.3) is 5.91 Å². The molecule has 0 spiro atoms. The summed E-state index contributed by atoms with van der Waals surface area (Å²) in [5, 5.41) is 9.80. The third-order valence-corrected chi connectivity index (χ3v) is 5.44. The van der Waals surface area contributed by atoms with Crippen LogP contribution in [0.1, 0.15) is 47.2 Å². The first-order valence-corrected chi connectivity index (χ1v) is 9.78. The van der Waals surface area contributed by atoms with E-state index in [0.717, 1.165) is 41.9 Å². The molecule has 2 aromatic rings. The standard InChI is InChI=1S/C21H27N5O/c1-13-5-4-6-15(11-13)24-20-19-14(9-10-23-21(19)27)12-18(26-20)25-17-8-3-2-7-16(17)22/h4-6,11-12,16-17H,2-3,7-10,22H2,1H3,(H,23,27)(H2,24,25,26). The van der Waals surface area contributed by atoms with Crippen LogP contribution < -0.4 is 21.7 Å². The lowest BCUT2D eigenvalue weighted by Crippen LogP contribution is -2.43. The number of anilines is 3. The molecule has 6 heteroatoms. The lowest BCUT2D eigenvalue weighted by atomic mass is 9.91. The second-order valence-corrected chi connectivity index (χ2v) is 7.59. The minimum absolute atomic E-state index is 0.0696. The summed E-state index contributed by atoms with van der Waals surface area (Å²) < 4.78 is 0. The number of pyridine rings is 1. The Labute approximate surface area is 159 Å². The van der Waals surface area contributed by atoms with Gasteiger partial charge in [0.1, 0.15) is 11.6 Å². The molecule has 0 radical (unpaired) electrons. The van der Waals surface area contributed by atoms with Gasteiger partial charge in [-0.3, -0.25) is 4.79 Å². The van der Waals surface area contributed by atoms with Crippen LogP contribution in [0.15, 0.2) is 30.3 Å². The molecular weight excluding hydrogens is 338 g/mol. The van der Waals surface area contributed by atoms with Gasteiger partial charge in [-0.15, -0.1) is 0 Å². The van der Waals surface area contributed by atoms with Crippen LogP contribution in [0.5, 0.6) is 0 Å². The normalized spacial score (nSPS) is 21.9. The Balaban J connectivity index is 1.68. The van der Waals surface area contributed by atoms with Crippen LogP contribution >= 0.6 is 0 Å². The van der Waals surface area contributed by atoms with E-state index in [-0.39, 0.29) is 18.0 Å². The first-order valence-electron chi connectivity index (χ1n) is 9.78. The maximum Gasteiger partial charge on any atom is 0.255 e. The van der Waals surface area contributed by atoms with Crippen molar-refractivity contribution in [3.63, 3.8) is 0 Å². The number of benzene rings is 1. The number of carbonyl (C=O) groups excluding carboxylic acids is 1. The van der Waals surface area contributed by atoms with E-state index in [9.17, 15) is 4.79 Å². The average Bonchev–Trinajstić information content (AvgIpc) is 2.64. The largest absolute Gasteiger partial charge is 0.366 e. The number of hydrogen-bond donors (Lipinski definition) is 4. The molecule has 2 aliphatic rings. The summed E-state index contributed by atoms with van der Waals surface area (Å²) in [5.74, 6) is 1.32. The fourth-order valence-electron chi connectivity index (χ4n) is 4.00. The lowest BCUT2D eigenvalue weighted by Gasteiger charge is -2.30. The second kappa shape index (κ2) is 7.56. The molecule has 2 heterocycles. The van der Waals surface area contributed by atoms with Crippen LogP contribution in [0.25, 0.3) is 0 Å². The molecule has 4 rings (SSSR count). The number of aromatic nitrogens is 1. The summed E-state index contributed by atoms with van der Waals surface area (Å²) >= 11 is 0. The van der Waals surface area contributed by atoms with Crippen LogP contribution in [0.4, 0.5) is 17.3 Å². The summed E-state index contributed by atoms with van der Waals surface area (Å²) in [5.41, 5.74) is 10.0. The SMILES string of the molecule is Cc1cccc(Nc2nc(NC3CCCCC3N)cc3c2C(=O)NCC3)c1. The number of amides is 1. The number of aryl methyl sites for hydroxylation is 1. The first kappa shape index (κ1) is 17.8. The molecule has 1 aromatic carbocycles. The van der Waals surface area contributed by atoms with Crippen LogP contribution in [-0.2, 0) is 6.42 Å². The highest BCUT2D eigenvalue weighted by atomic mass is 16.1. The van der Waals surface area contributed by atoms with E-state index in [2.05, 4.69) is 16.0 Å². The second-order valence-electron chi connectivity index (χ2n) is 7.59. The van der Waals surface area contributed by atoms with Crippen molar-refractivity contribution in [1.29, 1.82) is 0 Å². The van der Waals surface area contributed by atoms with Crippen molar-refractivity contribution in [2.24, 2.45) is 5.73 Å². The highest BCUT2D eigenvalue weighted by Gasteiger charge is 2.26. The Kier molecular flexibility index (Phi) is 4.99. The van der Waals surface area contributed by atoms with Crippen molar-refractivity contribution in [2.45, 2.75) is 51.1 Å². The monoisotopic (exact) mass is 365 g/mol. The molecule has 2 atom stereocenters. The van der Waals surface area contributed by atoms with Crippen molar-refractivity contribution in [2.75, 3.05) is 17.2 Å². The zero-order valence-electron chi connectivity index (χ0n) is 15.7. The molecule has 0 bridgehead atoms. The molecule has 1 aromatic heterocycles. The predicted molar refractivity (Wildman–Crippen MR) is 109 cm³/mol. The van der Waals surface area contributed by atoms with Gasteiger partial charge < -0.3 is 21.7 Å². The molecule has 1 amide bonds. The quantitative estimate of drug-likeness (QED) is 0.668. The minimum Gasteiger partial charge on any atom is -0.366 e. The van der Waals surface area contributed by atoms with Gasteiger partial charge in [0.05, 0.1) is 5.56 Å². The minimum atomic E-state index is -0.0696. The van der Waals surface area contributed by atoms with Gasteiger partial charge in [-0.1, -0.05) is 25.0 Å². The third kappa shape index (κ3) is 3.90. The van der Waals surface area contributed by atoms with Crippen LogP contribution in [0.2, 0.25) is 0 Å². The maximum atomic E-state index is 12.5.